The van der Waals surface area contributed by atoms with Crippen LogP contribution in [0.1, 0.15) is 569 Å². The first-order valence-corrected chi connectivity index (χ1v) is 62.0. The molecule has 1 aliphatic heterocycles. The second-order valence-electron chi connectivity index (χ2n) is 43.2. The highest BCUT2D eigenvalue weighted by Crippen LogP contribution is 2.58. The normalized spacial score (nSPS) is 12.1. The standard InChI is InChI=1S/C128H212N8O8/c1-9-17-25-33-41-49-57-65-73-85-97-137-113-109-111(115(139-99-87-75-67-59-51-43-35-27-19-11-3)119(143-103-91-79-71-63-55-47-39-31-23-15-7)117(113)141-101-89-77-69-61-53-45-37-29-21-13-5)127-134-125(109)132-123-107-95-83-81-93-105(107)121(130-123)129-122-106-94-82-84-96-108(106)124(131-122)133-126-110-112(128(135-126)136-127)116(140-100-88-76-68-60-52-44-36-28-20-12-4)120(144-104-92-80-72-64-56-48-40-32-24-16-8)118(142-102-90-78-70-62-54-46-38-30-22-14-6)114(110)138-98-86-74-66-58-50-42-34-26-18-10-2/h81-84,93-96H,9-80,85-92,97-104H2,1-8H3,(H4,129,130,131,132,133,134,135,136). The molecule has 4 aromatic heterocycles. The number of rotatable bonds is 96. The Kier molecular flexibility index (Phi) is 65.8. The molecule has 16 nitrogen and oxygen atoms in total. The highest BCUT2D eigenvalue weighted by molar-refractivity contribution is 6.11. The van der Waals surface area contributed by atoms with Gasteiger partial charge in [-0.1, -0.05) is 566 Å². The molecule has 8 bridgehead atoms. The van der Waals surface area contributed by atoms with Crippen molar-refractivity contribution in [2.45, 2.75) is 569 Å². The first-order chi connectivity index (χ1) is 71.4. The van der Waals surface area contributed by atoms with E-state index in [4.69, 9.17) is 57.9 Å². The molecule has 0 amide bonds. The molecule has 144 heavy (non-hydrogen) atoms. The van der Waals surface area contributed by atoms with E-state index in [1.807, 2.05) is 0 Å². The Hall–Kier alpha value is -7.36. The summed E-state index contributed by atoms with van der Waals surface area (Å²) in [6.45, 7) is 22.3. The molecule has 1 aliphatic rings. The number of aromatic nitrogens is 4. The number of unbranched alkanes of at least 4 members (excludes halogenated alkanes) is 72. The van der Waals surface area contributed by atoms with Gasteiger partial charge in [-0.25, -0.2) is 20.0 Å². The van der Waals surface area contributed by atoms with E-state index < -0.39 is 0 Å². The predicted octanol–water partition coefficient (Wildman–Crippen LogP) is 40.1. The summed E-state index contributed by atoms with van der Waals surface area (Å²) in [4.78, 5) is 39.8. The highest BCUT2D eigenvalue weighted by Gasteiger charge is 2.34. The van der Waals surface area contributed by atoms with Gasteiger partial charge in [0.1, 0.15) is 45.2 Å². The lowest BCUT2D eigenvalue weighted by Crippen LogP contribution is -2.11. The summed E-state index contributed by atoms with van der Waals surface area (Å²) in [5, 5.41) is 6.61. The highest BCUT2D eigenvalue weighted by atomic mass is 16.6. The molecular weight excluding hydrogens is 1780 g/mol. The maximum absolute atomic E-state index is 7.80. The third-order valence-electron chi connectivity index (χ3n) is 30.3. The number of benzene rings is 4. The van der Waals surface area contributed by atoms with Crippen LogP contribution in [-0.4, -0.2) is 72.8 Å². The maximum Gasteiger partial charge on any atom is 0.208 e. The van der Waals surface area contributed by atoms with Crippen molar-refractivity contribution in [1.29, 1.82) is 0 Å². The van der Waals surface area contributed by atoms with Gasteiger partial charge >= 0.3 is 0 Å². The number of nitrogens with one attached hydrogen (secondary N) is 4. The smallest absolute Gasteiger partial charge is 0.208 e. The molecule has 0 saturated heterocycles. The Morgan fingerprint density at radius 2 is 0.292 bits per heavy atom. The van der Waals surface area contributed by atoms with Crippen LogP contribution in [0.25, 0.3) is 43.1 Å². The molecule has 0 aliphatic carbocycles. The van der Waals surface area contributed by atoms with Crippen LogP contribution in [0.3, 0.4) is 0 Å². The van der Waals surface area contributed by atoms with E-state index in [2.05, 4.69) is 124 Å². The number of fused-ring (bicyclic) bond motifs is 20. The fraction of sp³-hybridized carbons (Fsp3) is 0.750. The van der Waals surface area contributed by atoms with E-state index >= 15 is 0 Å². The van der Waals surface area contributed by atoms with Gasteiger partial charge in [-0.3, -0.25) is 0 Å². The summed E-state index contributed by atoms with van der Waals surface area (Å²) in [7, 11) is 0. The van der Waals surface area contributed by atoms with Crippen LogP contribution in [0.2, 0.25) is 0 Å². The van der Waals surface area contributed by atoms with E-state index in [-0.39, 0.29) is 0 Å². The van der Waals surface area contributed by atoms with Crippen LogP contribution >= 0.6 is 0 Å². The summed E-state index contributed by atoms with van der Waals surface area (Å²) >= 11 is 0. The molecular formula is C128H212N8O8. The van der Waals surface area contributed by atoms with Gasteiger partial charge in [-0.15, -0.1) is 0 Å². The molecule has 0 unspecified atom stereocenters. The lowest BCUT2D eigenvalue weighted by molar-refractivity contribution is 0.222. The third kappa shape index (κ3) is 45.2. The summed E-state index contributed by atoms with van der Waals surface area (Å²) in [6, 6.07) is 17.1. The van der Waals surface area contributed by atoms with Crippen molar-refractivity contribution in [3.8, 4) is 46.0 Å². The number of H-pyrrole nitrogens is 4. The molecule has 4 N–H and O–H groups in total. The van der Waals surface area contributed by atoms with Gasteiger partial charge in [0.05, 0.1) is 74.4 Å². The molecule has 0 atom stereocenters. The molecule has 0 radical (unpaired) electrons. The van der Waals surface area contributed by atoms with Crippen LogP contribution in [0.15, 0.2) is 68.5 Å². The Balaban J connectivity index is 1.36. The molecule has 0 spiro atoms. The van der Waals surface area contributed by atoms with Crippen LogP contribution in [-0.2, 0) is 0 Å². The SMILES string of the molecule is CCCCCCCCCCCCOc1c(OCCCCCCCCCCCC)c(OCCCCCCCCCCCC)c2c3[nH]c(c2c1OCCCCCCCCCCCC)N=c1[nH]c(c2ccccc12)=Nc1[nH]c(c2ccccc12)N=c1[nH]c(c2c(OCCCCCCCCCCCC)c(OCCCCCCCCCCCC)c(OCCCCCCCCCCCC)c(OCCCCCCCCCCCC)c12)=N3. The van der Waals surface area contributed by atoms with Crippen LogP contribution < -0.4 is 59.8 Å². The Morgan fingerprint density at radius 3 is 0.500 bits per heavy atom. The Labute approximate surface area is 877 Å². The zero-order valence-electron chi connectivity index (χ0n) is 93.9. The van der Waals surface area contributed by atoms with E-state index in [9.17, 15) is 0 Å². The molecule has 8 aromatic rings. The topological polar surface area (TPSA) is 186 Å². The van der Waals surface area contributed by atoms with Gasteiger partial charge < -0.3 is 57.8 Å². The van der Waals surface area contributed by atoms with Crippen molar-refractivity contribution in [2.24, 2.45) is 20.0 Å². The zero-order valence-corrected chi connectivity index (χ0v) is 93.9. The lowest BCUT2D eigenvalue weighted by atomic mass is 10.1. The van der Waals surface area contributed by atoms with Gasteiger partial charge in [-0.05, 0) is 51.4 Å². The summed E-state index contributed by atoms with van der Waals surface area (Å²) in [5.74, 6) is 7.07. The molecule has 16 heteroatoms. The van der Waals surface area contributed by atoms with Crippen molar-refractivity contribution in [3.05, 3.63) is 70.5 Å². The fourth-order valence-electron chi connectivity index (χ4n) is 21.3. The monoisotopic (exact) mass is 1990 g/mol. The minimum absolute atomic E-state index is 0.457. The summed E-state index contributed by atoms with van der Waals surface area (Å²) < 4.78 is 61.7. The van der Waals surface area contributed by atoms with Gasteiger partial charge in [0.2, 0.25) is 23.0 Å². The van der Waals surface area contributed by atoms with Crippen molar-refractivity contribution < 1.29 is 37.9 Å². The predicted molar refractivity (Wildman–Crippen MR) is 615 cm³/mol. The third-order valence-corrected chi connectivity index (χ3v) is 30.3. The minimum atomic E-state index is 0.457. The number of nitrogens with zero attached hydrogens (tertiary/aromatic N) is 4. The second kappa shape index (κ2) is 78.8. The van der Waals surface area contributed by atoms with E-state index in [0.717, 1.165) is 174 Å². The van der Waals surface area contributed by atoms with E-state index in [1.165, 1.54) is 372 Å². The molecule has 0 fully saturated rings. The molecule has 0 saturated carbocycles. The number of aromatic amines is 4. The first-order valence-electron chi connectivity index (χ1n) is 62.0. The van der Waals surface area contributed by atoms with E-state index in [0.29, 0.717) is 155 Å². The molecule has 812 valence electrons. The summed E-state index contributed by atoms with van der Waals surface area (Å²) in [6.07, 6.45) is 97.0. The average Bonchev–Trinajstić information content (AvgIpc) is 1.56. The average molecular weight is 1990 g/mol. The van der Waals surface area contributed by atoms with Gasteiger partial charge in [0.25, 0.3) is 0 Å². The number of hydrogen-bond acceptors (Lipinski definition) is 12. The van der Waals surface area contributed by atoms with Crippen LogP contribution in [0.5, 0.6) is 46.0 Å². The van der Waals surface area contributed by atoms with E-state index in [1.54, 1.807) is 0 Å². The minimum Gasteiger partial charge on any atom is -0.489 e. The summed E-state index contributed by atoms with van der Waals surface area (Å²) in [5.41, 5.74) is 2.39. The second-order valence-corrected chi connectivity index (χ2v) is 43.2. The maximum atomic E-state index is 7.80. The van der Waals surface area contributed by atoms with Gasteiger partial charge in [0.15, 0.2) is 23.0 Å². The fourth-order valence-corrected chi connectivity index (χ4v) is 21.3. The molecule has 9 rings (SSSR count). The largest absolute Gasteiger partial charge is 0.489 e. The zero-order chi connectivity index (χ0) is 101. The van der Waals surface area contributed by atoms with Crippen molar-refractivity contribution in [2.75, 3.05) is 52.9 Å². The number of ether oxygens (including phenoxy) is 8. The molecule has 4 aromatic carbocycles. The van der Waals surface area contributed by atoms with Gasteiger partial charge in [-0.2, -0.15) is 0 Å². The number of hydrogen-bond donors (Lipinski definition) is 4. The van der Waals surface area contributed by atoms with Crippen molar-refractivity contribution in [1.82, 2.24) is 19.9 Å². The van der Waals surface area contributed by atoms with Crippen LogP contribution in [0, 0.1) is 0 Å². The molecule has 5 heterocycles. The Morgan fingerprint density at radius 1 is 0.146 bits per heavy atom. The van der Waals surface area contributed by atoms with Gasteiger partial charge in [0, 0.05) is 21.5 Å². The quantitative estimate of drug-likeness (QED) is 0.0271. The van der Waals surface area contributed by atoms with Crippen molar-refractivity contribution in [3.63, 3.8) is 0 Å². The van der Waals surface area contributed by atoms with Crippen LogP contribution in [0.4, 0.5) is 23.3 Å². The first kappa shape index (κ1) is 120. The van der Waals surface area contributed by atoms with Crippen molar-refractivity contribution >= 4 is 66.4 Å². The lowest BCUT2D eigenvalue weighted by Gasteiger charge is -2.22. The Bertz CT molecular complexity index is 4840.